The standard InChI is InChI=1S/C9H11N3.C7H8FN.C2H4N2.4C2H6.CH3Cl/c1-8-3-2-4-9(7-8)12-11-6-5-10;1-5-2-3-6(9)4-7(5)8;3-1-2-4;5*1-2/h2-7,10,12H,1H3;2-4H,9H2,1H3;1-4H;4*1-2H3;1H3/b10-5?,11-6-;;;;;;;. The lowest BCUT2D eigenvalue weighted by atomic mass is 10.2. The second kappa shape index (κ2) is 44.6. The lowest BCUT2D eigenvalue weighted by Gasteiger charge is -1.99. The van der Waals surface area contributed by atoms with Crippen LogP contribution >= 0.6 is 11.6 Å². The minimum Gasteiger partial charge on any atom is -0.399 e. The number of hydrogen-bond donors (Lipinski definition) is 5. The molecule has 8 heteroatoms. The van der Waals surface area contributed by atoms with Gasteiger partial charge < -0.3 is 22.0 Å². The van der Waals surface area contributed by atoms with E-state index in [1.165, 1.54) is 24.2 Å². The molecule has 0 unspecified atom stereocenters. The van der Waals surface area contributed by atoms with Crippen LogP contribution in [-0.2, 0) is 0 Å². The molecular formula is C27H50ClFN6. The summed E-state index contributed by atoms with van der Waals surface area (Å²) < 4.78 is 12.5. The fourth-order valence-electron chi connectivity index (χ4n) is 1.47. The van der Waals surface area contributed by atoms with E-state index in [9.17, 15) is 4.39 Å². The van der Waals surface area contributed by atoms with Crippen LogP contribution in [-0.4, -0.2) is 31.2 Å². The summed E-state index contributed by atoms with van der Waals surface area (Å²) in [5.41, 5.74) is 11.3. The zero-order valence-electron chi connectivity index (χ0n) is 23.6. The molecule has 202 valence electrons. The molecular weight excluding hydrogens is 463 g/mol. The SMILES string of the molecule is CC.CC.CC.CC.CCl.Cc1ccc(N)cc1F.Cc1cccc(N/N=C\C=N)c1.N=CC=N. The van der Waals surface area contributed by atoms with Crippen molar-refractivity contribution in [3.63, 3.8) is 0 Å². The van der Waals surface area contributed by atoms with Crippen molar-refractivity contribution in [3.05, 3.63) is 59.4 Å². The number of nitrogen functional groups attached to an aromatic ring is 1. The van der Waals surface area contributed by atoms with Crippen molar-refractivity contribution in [1.82, 2.24) is 0 Å². The van der Waals surface area contributed by atoms with Gasteiger partial charge in [0.25, 0.3) is 0 Å². The molecule has 0 saturated heterocycles. The summed E-state index contributed by atoms with van der Waals surface area (Å²) in [4.78, 5) is 0. The first-order valence-corrected chi connectivity index (χ1v) is 12.4. The molecule has 6 N–H and O–H groups in total. The zero-order chi connectivity index (χ0) is 29.1. The summed E-state index contributed by atoms with van der Waals surface area (Å²) in [5.74, 6) is -0.241. The number of aryl methyl sites for hydroxylation is 2. The lowest BCUT2D eigenvalue weighted by Crippen LogP contribution is -1.89. The molecule has 0 saturated carbocycles. The van der Waals surface area contributed by atoms with E-state index in [0.29, 0.717) is 11.3 Å². The molecule has 0 heterocycles. The van der Waals surface area contributed by atoms with Gasteiger partial charge in [0, 0.05) is 30.7 Å². The van der Waals surface area contributed by atoms with E-state index < -0.39 is 0 Å². The third-order valence-electron chi connectivity index (χ3n) is 2.64. The number of hydrogen-bond acceptors (Lipinski definition) is 6. The number of nitrogens with zero attached hydrogens (tertiary/aromatic N) is 1. The Morgan fingerprint density at radius 2 is 1.29 bits per heavy atom. The van der Waals surface area contributed by atoms with Crippen LogP contribution in [0.15, 0.2) is 47.6 Å². The van der Waals surface area contributed by atoms with Gasteiger partial charge in [-0.3, -0.25) is 5.43 Å². The molecule has 2 rings (SSSR count). The molecule has 2 aromatic rings. The minimum absolute atomic E-state index is 0.241. The highest BCUT2D eigenvalue weighted by atomic mass is 35.5. The van der Waals surface area contributed by atoms with Gasteiger partial charge in [-0.2, -0.15) is 5.10 Å². The Kier molecular flexibility index (Phi) is 57.9. The number of nitrogens with one attached hydrogen (secondary N) is 4. The molecule has 0 amide bonds. The van der Waals surface area contributed by atoms with Crippen molar-refractivity contribution in [1.29, 1.82) is 16.2 Å². The normalized spacial score (nSPS) is 7.34. The number of hydrazone groups is 1. The fourth-order valence-corrected chi connectivity index (χ4v) is 1.47. The lowest BCUT2D eigenvalue weighted by molar-refractivity contribution is 0.619. The monoisotopic (exact) mass is 512 g/mol. The van der Waals surface area contributed by atoms with Crippen molar-refractivity contribution in [2.45, 2.75) is 69.2 Å². The van der Waals surface area contributed by atoms with Crippen LogP contribution in [0.5, 0.6) is 0 Å². The Bertz CT molecular complexity index is 717. The average Bonchev–Trinajstić information content (AvgIpc) is 2.93. The number of anilines is 2. The van der Waals surface area contributed by atoms with Crippen molar-refractivity contribution in [2.24, 2.45) is 5.10 Å². The molecule has 0 spiro atoms. The van der Waals surface area contributed by atoms with Gasteiger partial charge in [-0.15, -0.1) is 11.6 Å². The molecule has 0 aliphatic carbocycles. The molecule has 0 atom stereocenters. The Morgan fingerprint density at radius 1 is 0.800 bits per heavy atom. The third-order valence-corrected chi connectivity index (χ3v) is 2.64. The van der Waals surface area contributed by atoms with E-state index in [4.69, 9.17) is 22.0 Å². The van der Waals surface area contributed by atoms with Crippen LogP contribution in [0.4, 0.5) is 15.8 Å². The summed E-state index contributed by atoms with van der Waals surface area (Å²) in [5, 5.41) is 22.6. The molecule has 0 fully saturated rings. The van der Waals surface area contributed by atoms with Crippen LogP contribution < -0.4 is 11.2 Å². The predicted octanol–water partition coefficient (Wildman–Crippen LogP) is 9.00. The van der Waals surface area contributed by atoms with Gasteiger partial charge in [0.05, 0.1) is 11.9 Å². The predicted molar refractivity (Wildman–Crippen MR) is 162 cm³/mol. The van der Waals surface area contributed by atoms with Crippen LogP contribution in [0, 0.1) is 35.9 Å². The number of alkyl halides is 1. The highest BCUT2D eigenvalue weighted by molar-refractivity contribution is 6.15. The molecule has 35 heavy (non-hydrogen) atoms. The number of rotatable bonds is 4. The van der Waals surface area contributed by atoms with Crippen molar-refractivity contribution in [3.8, 4) is 0 Å². The number of halogens is 2. The van der Waals surface area contributed by atoms with E-state index in [1.54, 1.807) is 19.1 Å². The van der Waals surface area contributed by atoms with Gasteiger partial charge in [0.2, 0.25) is 0 Å². The van der Waals surface area contributed by atoms with Gasteiger partial charge in [0.1, 0.15) is 5.82 Å². The molecule has 0 aromatic heterocycles. The molecule has 0 aliphatic heterocycles. The van der Waals surface area contributed by atoms with Gasteiger partial charge in [-0.25, -0.2) is 4.39 Å². The number of nitrogens with two attached hydrogens (primary N) is 1. The van der Waals surface area contributed by atoms with E-state index >= 15 is 0 Å². The van der Waals surface area contributed by atoms with Crippen molar-refractivity contribution >= 4 is 47.8 Å². The van der Waals surface area contributed by atoms with Gasteiger partial charge in [0.15, 0.2) is 0 Å². The summed E-state index contributed by atoms with van der Waals surface area (Å²) in [6, 6.07) is 12.5. The molecule has 6 nitrogen and oxygen atoms in total. The van der Waals surface area contributed by atoms with Crippen LogP contribution in [0.25, 0.3) is 0 Å². The molecule has 2 aromatic carbocycles. The van der Waals surface area contributed by atoms with E-state index in [-0.39, 0.29) is 5.82 Å². The highest BCUT2D eigenvalue weighted by Crippen LogP contribution is 2.09. The zero-order valence-corrected chi connectivity index (χ0v) is 24.4. The Labute approximate surface area is 219 Å². The highest BCUT2D eigenvalue weighted by Gasteiger charge is 1.93. The Balaban J connectivity index is -0.0000000809. The van der Waals surface area contributed by atoms with Crippen LogP contribution in [0.1, 0.15) is 66.5 Å². The summed E-state index contributed by atoms with van der Waals surface area (Å²) in [6.45, 7) is 19.7. The summed E-state index contributed by atoms with van der Waals surface area (Å²) in [7, 11) is 0. The maximum atomic E-state index is 12.5. The fraction of sp³-hybridized carbons (Fsp3) is 0.407. The molecule has 0 radical (unpaired) electrons. The largest absolute Gasteiger partial charge is 0.399 e. The quantitative estimate of drug-likeness (QED) is 0.121. The van der Waals surface area contributed by atoms with E-state index in [2.05, 4.69) is 22.1 Å². The topological polar surface area (TPSA) is 122 Å². The smallest absolute Gasteiger partial charge is 0.128 e. The van der Waals surface area contributed by atoms with E-state index in [1.807, 2.05) is 86.6 Å². The number of benzene rings is 2. The average molecular weight is 513 g/mol. The maximum Gasteiger partial charge on any atom is 0.128 e. The summed E-state index contributed by atoms with van der Waals surface area (Å²) >= 11 is 4.64. The third kappa shape index (κ3) is 38.5. The summed E-state index contributed by atoms with van der Waals surface area (Å²) in [6.07, 6.45) is 5.82. The minimum atomic E-state index is -0.241. The van der Waals surface area contributed by atoms with Crippen molar-refractivity contribution in [2.75, 3.05) is 17.5 Å². The van der Waals surface area contributed by atoms with E-state index in [0.717, 1.165) is 24.3 Å². The Hall–Kier alpha value is -3.06. The maximum absolute atomic E-state index is 12.5. The first kappa shape index (κ1) is 45.4. The Morgan fingerprint density at radius 3 is 1.63 bits per heavy atom. The van der Waals surface area contributed by atoms with Crippen LogP contribution in [0.3, 0.4) is 0 Å². The van der Waals surface area contributed by atoms with Gasteiger partial charge >= 0.3 is 0 Å². The second-order valence-electron chi connectivity index (χ2n) is 4.77. The van der Waals surface area contributed by atoms with Crippen molar-refractivity contribution < 1.29 is 4.39 Å². The first-order valence-electron chi connectivity index (χ1n) is 11.7. The molecule has 0 bridgehead atoms. The van der Waals surface area contributed by atoms with Gasteiger partial charge in [-0.05, 0) is 49.2 Å². The van der Waals surface area contributed by atoms with Gasteiger partial charge in [-0.1, -0.05) is 73.6 Å². The van der Waals surface area contributed by atoms with Crippen LogP contribution in [0.2, 0.25) is 0 Å². The molecule has 0 aliphatic rings. The second-order valence-corrected chi connectivity index (χ2v) is 4.77. The first-order chi connectivity index (χ1) is 16.9.